The molecular weight excluding hydrogens is 418 g/mol. The van der Waals surface area contributed by atoms with E-state index in [1.165, 1.54) is 10.6 Å². The van der Waals surface area contributed by atoms with Crippen LogP contribution in [0.25, 0.3) is 10.9 Å². The Bertz CT molecular complexity index is 1130. The number of aromatic nitrogens is 3. The monoisotopic (exact) mass is 445 g/mol. The lowest BCUT2D eigenvalue weighted by molar-refractivity contribution is 0.0674. The van der Waals surface area contributed by atoms with Crippen LogP contribution in [0.4, 0.5) is 0 Å². The minimum absolute atomic E-state index is 0.226. The van der Waals surface area contributed by atoms with E-state index in [-0.39, 0.29) is 24.5 Å². The minimum Gasteiger partial charge on any atom is -0.381 e. The fourth-order valence-electron chi connectivity index (χ4n) is 4.02. The Kier molecular flexibility index (Phi) is 6.10. The smallest absolute Gasteiger partial charge is 0.254 e. The van der Waals surface area contributed by atoms with E-state index in [9.17, 15) is 13.2 Å². The van der Waals surface area contributed by atoms with Gasteiger partial charge in [-0.1, -0.05) is 13.0 Å². The highest BCUT2D eigenvalue weighted by Crippen LogP contribution is 2.26. The summed E-state index contributed by atoms with van der Waals surface area (Å²) in [5.74, 6) is -0.226. The summed E-state index contributed by atoms with van der Waals surface area (Å²) in [6, 6.07) is 0.0105. The molecule has 0 bridgehead atoms. The van der Waals surface area contributed by atoms with Crippen molar-refractivity contribution in [2.45, 2.75) is 38.3 Å². The number of rotatable bonds is 6. The molecule has 4 heterocycles. The second-order valence-corrected chi connectivity index (χ2v) is 9.77. The van der Waals surface area contributed by atoms with Crippen molar-refractivity contribution in [3.05, 3.63) is 48.1 Å². The fraction of sp³-hybridized carbons (Fsp3) is 0.476. The van der Waals surface area contributed by atoms with Gasteiger partial charge in [0.25, 0.3) is 5.91 Å². The quantitative estimate of drug-likeness (QED) is 0.729. The van der Waals surface area contributed by atoms with Gasteiger partial charge in [0.15, 0.2) is 0 Å². The third kappa shape index (κ3) is 4.49. The Morgan fingerprint density at radius 2 is 2.06 bits per heavy atom. The molecule has 166 valence electrons. The van der Waals surface area contributed by atoms with Gasteiger partial charge in [0.1, 0.15) is 0 Å². The van der Waals surface area contributed by atoms with Gasteiger partial charge in [-0.3, -0.25) is 18.8 Å². The van der Waals surface area contributed by atoms with E-state index >= 15 is 0 Å². The molecule has 10 heteroatoms. The van der Waals surface area contributed by atoms with Crippen LogP contribution in [0, 0.1) is 0 Å². The van der Waals surface area contributed by atoms with Crippen molar-refractivity contribution < 1.29 is 17.9 Å². The lowest BCUT2D eigenvalue weighted by Gasteiger charge is -2.25. The lowest BCUT2D eigenvalue weighted by atomic mass is 10.0. The van der Waals surface area contributed by atoms with Crippen LogP contribution >= 0.6 is 0 Å². The second-order valence-electron chi connectivity index (χ2n) is 7.84. The van der Waals surface area contributed by atoms with Crippen LogP contribution in [-0.2, 0) is 14.8 Å². The summed E-state index contributed by atoms with van der Waals surface area (Å²) in [5, 5.41) is 8.37. The van der Waals surface area contributed by atoms with Crippen molar-refractivity contribution in [2.75, 3.05) is 26.0 Å². The SMILES string of the molecule is CC[C@H](NC(=O)c1cncc2c1cnn2C1CCOCC1)C1=CCN(S(C)(=O)=O)C=C1. The Balaban J connectivity index is 1.53. The molecule has 2 aromatic heterocycles. The van der Waals surface area contributed by atoms with E-state index in [4.69, 9.17) is 4.74 Å². The number of sulfonamides is 1. The zero-order valence-electron chi connectivity index (χ0n) is 17.7. The predicted molar refractivity (Wildman–Crippen MR) is 117 cm³/mol. The highest BCUT2D eigenvalue weighted by Gasteiger charge is 2.23. The van der Waals surface area contributed by atoms with Crippen LogP contribution in [0.3, 0.4) is 0 Å². The first kappa shape index (κ1) is 21.5. The van der Waals surface area contributed by atoms with Gasteiger partial charge in [-0.25, -0.2) is 8.42 Å². The van der Waals surface area contributed by atoms with Gasteiger partial charge in [0.05, 0.1) is 48.4 Å². The summed E-state index contributed by atoms with van der Waals surface area (Å²) in [6.45, 7) is 3.64. The number of hydrogen-bond donors (Lipinski definition) is 1. The molecule has 31 heavy (non-hydrogen) atoms. The molecule has 0 aromatic carbocycles. The lowest BCUT2D eigenvalue weighted by Crippen LogP contribution is -2.37. The van der Waals surface area contributed by atoms with Gasteiger partial charge < -0.3 is 10.1 Å². The van der Waals surface area contributed by atoms with Crippen LogP contribution in [0.15, 0.2) is 42.5 Å². The number of carbonyl (C=O) groups excluding carboxylic acids is 1. The molecule has 2 aromatic rings. The van der Waals surface area contributed by atoms with Crippen LogP contribution in [0.5, 0.6) is 0 Å². The summed E-state index contributed by atoms with van der Waals surface area (Å²) in [7, 11) is -3.29. The number of nitrogens with zero attached hydrogens (tertiary/aromatic N) is 4. The average Bonchev–Trinajstić information content (AvgIpc) is 3.21. The topological polar surface area (TPSA) is 106 Å². The Morgan fingerprint density at radius 1 is 1.29 bits per heavy atom. The first-order valence-electron chi connectivity index (χ1n) is 10.4. The fourth-order valence-corrected chi connectivity index (χ4v) is 4.64. The molecule has 0 unspecified atom stereocenters. The molecule has 9 nitrogen and oxygen atoms in total. The van der Waals surface area contributed by atoms with Crippen LogP contribution < -0.4 is 5.32 Å². The number of fused-ring (bicyclic) bond motifs is 1. The van der Waals surface area contributed by atoms with E-state index < -0.39 is 10.0 Å². The maximum absolute atomic E-state index is 13.1. The van der Waals surface area contributed by atoms with Crippen molar-refractivity contribution in [1.82, 2.24) is 24.4 Å². The maximum Gasteiger partial charge on any atom is 0.254 e. The van der Waals surface area contributed by atoms with E-state index in [2.05, 4.69) is 15.4 Å². The second kappa shape index (κ2) is 8.80. The summed E-state index contributed by atoms with van der Waals surface area (Å²) >= 11 is 0. The van der Waals surface area contributed by atoms with Gasteiger partial charge in [-0.05, 0) is 30.9 Å². The van der Waals surface area contributed by atoms with Gasteiger partial charge in [-0.15, -0.1) is 0 Å². The molecular formula is C21H27N5O4S. The Morgan fingerprint density at radius 3 is 2.71 bits per heavy atom. The minimum atomic E-state index is -3.29. The summed E-state index contributed by atoms with van der Waals surface area (Å²) in [5.41, 5.74) is 2.20. The largest absolute Gasteiger partial charge is 0.381 e. The molecule has 0 saturated carbocycles. The molecule has 1 atom stereocenters. The molecule has 0 spiro atoms. The van der Waals surface area contributed by atoms with Crippen LogP contribution in [0.1, 0.15) is 42.6 Å². The number of hydrogen-bond acceptors (Lipinski definition) is 6. The van der Waals surface area contributed by atoms with Crippen molar-refractivity contribution in [3.8, 4) is 0 Å². The third-order valence-corrected chi connectivity index (χ3v) is 6.91. The molecule has 2 aliphatic heterocycles. The molecule has 2 aliphatic rings. The highest BCUT2D eigenvalue weighted by molar-refractivity contribution is 7.88. The van der Waals surface area contributed by atoms with Crippen molar-refractivity contribution in [1.29, 1.82) is 0 Å². The standard InChI is InChI=1S/C21H27N5O4S/c1-3-19(15-4-8-25(9-5-15)31(2,28)29)24-21(27)18-12-22-14-20-17(18)13-23-26(20)16-6-10-30-11-7-16/h4-5,8,12-14,16,19H,3,6-7,9-11H2,1-2H3,(H,24,27)/t19-/m0/s1. The zero-order valence-corrected chi connectivity index (χ0v) is 18.5. The van der Waals surface area contributed by atoms with Gasteiger partial charge >= 0.3 is 0 Å². The Labute approximate surface area is 181 Å². The summed E-state index contributed by atoms with van der Waals surface area (Å²) < 4.78 is 32.0. The molecule has 0 radical (unpaired) electrons. The number of amides is 1. The predicted octanol–water partition coefficient (Wildman–Crippen LogP) is 2.01. The van der Waals surface area contributed by atoms with Gasteiger partial charge in [0.2, 0.25) is 10.0 Å². The van der Waals surface area contributed by atoms with E-state index in [1.807, 2.05) is 17.7 Å². The first-order chi connectivity index (χ1) is 14.9. The molecule has 1 saturated heterocycles. The van der Waals surface area contributed by atoms with Crippen molar-refractivity contribution in [2.24, 2.45) is 0 Å². The van der Waals surface area contributed by atoms with E-state index in [1.54, 1.807) is 30.9 Å². The average molecular weight is 446 g/mol. The third-order valence-electron chi connectivity index (χ3n) is 5.79. The number of ether oxygens (including phenoxy) is 1. The van der Waals surface area contributed by atoms with Crippen molar-refractivity contribution >= 4 is 26.8 Å². The highest BCUT2D eigenvalue weighted by atomic mass is 32.2. The molecule has 1 fully saturated rings. The number of nitrogens with one attached hydrogen (secondary N) is 1. The number of pyridine rings is 1. The zero-order chi connectivity index (χ0) is 22.0. The van der Waals surface area contributed by atoms with Crippen molar-refractivity contribution in [3.63, 3.8) is 0 Å². The molecule has 4 rings (SSSR count). The van der Waals surface area contributed by atoms with E-state index in [0.717, 1.165) is 29.3 Å². The molecule has 1 amide bonds. The van der Waals surface area contributed by atoms with E-state index in [0.29, 0.717) is 25.2 Å². The number of carbonyl (C=O) groups is 1. The molecule has 1 N–H and O–H groups in total. The van der Waals surface area contributed by atoms with Gasteiger partial charge in [-0.2, -0.15) is 5.10 Å². The van der Waals surface area contributed by atoms with Crippen LogP contribution in [-0.4, -0.2) is 65.5 Å². The molecule has 0 aliphatic carbocycles. The van der Waals surface area contributed by atoms with Crippen LogP contribution in [0.2, 0.25) is 0 Å². The maximum atomic E-state index is 13.1. The summed E-state index contributed by atoms with van der Waals surface area (Å²) in [4.78, 5) is 17.4. The summed E-state index contributed by atoms with van der Waals surface area (Å²) in [6.07, 6.45) is 13.8. The first-order valence-corrected chi connectivity index (χ1v) is 12.3. The Hall–Kier alpha value is -2.72. The normalized spacial score (nSPS) is 18.8. The van der Waals surface area contributed by atoms with Gasteiger partial charge in [0, 0.05) is 31.0 Å².